The molecule has 0 saturated heterocycles. The quantitative estimate of drug-likeness (QED) is 0.0744. The van der Waals surface area contributed by atoms with E-state index in [-0.39, 0.29) is 0 Å². The van der Waals surface area contributed by atoms with Gasteiger partial charge in [-0.15, -0.1) is 0 Å². The molecule has 2 saturated carbocycles. The van der Waals surface area contributed by atoms with Gasteiger partial charge in [0.1, 0.15) is 0 Å². The van der Waals surface area contributed by atoms with Crippen molar-refractivity contribution in [2.45, 2.75) is 236 Å². The molecule has 2 rings (SSSR count). The second-order valence-electron chi connectivity index (χ2n) is 22.4. The van der Waals surface area contributed by atoms with Crippen LogP contribution in [0.1, 0.15) is 220 Å². The molecule has 3 heteroatoms. The van der Waals surface area contributed by atoms with Gasteiger partial charge in [0.25, 0.3) is 0 Å². The van der Waals surface area contributed by atoms with Crippen LogP contribution >= 0.6 is 37.9 Å². The van der Waals surface area contributed by atoms with Gasteiger partial charge in [-0.3, -0.25) is 0 Å². The van der Waals surface area contributed by atoms with Crippen molar-refractivity contribution in [1.82, 2.24) is 0 Å². The molecule has 12 unspecified atom stereocenters. The van der Waals surface area contributed by atoms with E-state index in [0.29, 0.717) is 33.0 Å². The third-order valence-corrected chi connectivity index (χ3v) is 16.8. The highest BCUT2D eigenvalue weighted by molar-refractivity contribution is 7.81. The maximum Gasteiger partial charge on any atom is 0.00455 e. The Balaban J connectivity index is 0.000000994. The SMILES string of the molecule is C=C(CC)C1CCC(S)C(CCC(S)C(C)CCC(S)C(C)C)C1.C=C(CCC(C)(C)C)C1CCC(CCC(C)C(C)CCC(C)C(C)C)C(C)C1.CC(C)C. The molecule has 0 radical (unpaired) electrons. The van der Waals surface area contributed by atoms with E-state index >= 15 is 0 Å². The molecule has 0 aliphatic heterocycles. The normalized spacial score (nSPS) is 26.3. The number of thiol groups is 3. The molecule has 0 aromatic carbocycles. The lowest BCUT2D eigenvalue weighted by Gasteiger charge is -2.36. The Kier molecular flexibility index (Phi) is 30.0. The van der Waals surface area contributed by atoms with Crippen molar-refractivity contribution in [3.63, 3.8) is 0 Å². The Morgan fingerprint density at radius 3 is 1.61 bits per heavy atom. The summed E-state index contributed by atoms with van der Waals surface area (Å²) in [5, 5.41) is 1.60. The molecule has 2 aliphatic carbocycles. The molecule has 0 aromatic rings. The van der Waals surface area contributed by atoms with Crippen LogP contribution in [0.15, 0.2) is 24.3 Å². The van der Waals surface area contributed by atoms with Crippen LogP contribution in [0, 0.1) is 76.4 Å². The molecule has 0 bridgehead atoms. The summed E-state index contributed by atoms with van der Waals surface area (Å²) < 4.78 is 0. The zero-order valence-corrected chi connectivity index (χ0v) is 43.6. The lowest BCUT2D eigenvalue weighted by Crippen LogP contribution is -2.27. The standard InChI is InChI=1S/C28H54.C21H40S3.C4H10/c1-20(2)21(3)11-12-22(4)23(5)13-14-26-15-16-27(19-25(26)7)24(6)17-18-28(8,9)10;1-6-15(4)17-8-12-21(24)18(13-17)9-11-20(23)16(5)7-10-19(22)14(2)3;1-4(2)3/h20-23,25-27H,6,11-19H2,1-5,7-10H3;14,16-24H,4,6-13H2,1-3,5H3;4H,1-3H3. The van der Waals surface area contributed by atoms with E-state index in [2.05, 4.69) is 124 Å². The van der Waals surface area contributed by atoms with E-state index < -0.39 is 0 Å². The average molecular weight is 838 g/mol. The molecule has 0 aromatic heterocycles. The predicted molar refractivity (Wildman–Crippen MR) is 270 cm³/mol. The van der Waals surface area contributed by atoms with E-state index in [1.54, 1.807) is 5.57 Å². The van der Waals surface area contributed by atoms with E-state index in [4.69, 9.17) is 37.9 Å². The summed E-state index contributed by atoms with van der Waals surface area (Å²) in [7, 11) is 0. The summed E-state index contributed by atoms with van der Waals surface area (Å²) in [6.07, 6.45) is 22.3. The molecular weight excluding hydrogens is 733 g/mol. The van der Waals surface area contributed by atoms with Gasteiger partial charge < -0.3 is 0 Å². The zero-order valence-electron chi connectivity index (χ0n) is 40.9. The fourth-order valence-corrected chi connectivity index (χ4v) is 9.62. The molecular formula is C53H104S3. The molecule has 0 spiro atoms. The molecule has 12 atom stereocenters. The topological polar surface area (TPSA) is 0 Å². The first-order valence-electron chi connectivity index (χ1n) is 24.3. The molecule has 2 fully saturated rings. The second kappa shape index (κ2) is 29.7. The summed E-state index contributed by atoms with van der Waals surface area (Å²) in [5.74, 6) is 9.73. The Morgan fingerprint density at radius 2 is 1.09 bits per heavy atom. The molecule has 0 amide bonds. The van der Waals surface area contributed by atoms with Crippen molar-refractivity contribution in [2.24, 2.45) is 76.4 Å². The van der Waals surface area contributed by atoms with Gasteiger partial charge in [-0.05, 0) is 166 Å². The fraction of sp³-hybridized carbons (Fsp3) is 0.925. The average Bonchev–Trinajstić information content (AvgIpc) is 3.12. The highest BCUT2D eigenvalue weighted by atomic mass is 32.1. The fourth-order valence-electron chi connectivity index (χ4n) is 8.75. The van der Waals surface area contributed by atoms with Gasteiger partial charge >= 0.3 is 0 Å². The maximum absolute atomic E-state index is 4.92. The minimum absolute atomic E-state index is 0.436. The maximum atomic E-state index is 4.92. The predicted octanol–water partition coefficient (Wildman–Crippen LogP) is 18.3. The van der Waals surface area contributed by atoms with Crippen LogP contribution in [0.5, 0.6) is 0 Å². The highest BCUT2D eigenvalue weighted by Gasteiger charge is 2.31. The van der Waals surface area contributed by atoms with E-state index in [9.17, 15) is 0 Å². The van der Waals surface area contributed by atoms with Gasteiger partial charge in [0.05, 0.1) is 0 Å². The Labute approximate surface area is 372 Å². The van der Waals surface area contributed by atoms with Gasteiger partial charge in [0, 0.05) is 15.7 Å². The van der Waals surface area contributed by atoms with Gasteiger partial charge in [0.15, 0.2) is 0 Å². The van der Waals surface area contributed by atoms with E-state index in [1.807, 2.05) is 0 Å². The zero-order chi connectivity index (χ0) is 43.3. The minimum atomic E-state index is 0.436. The molecule has 0 heterocycles. The van der Waals surface area contributed by atoms with Crippen molar-refractivity contribution in [2.75, 3.05) is 0 Å². The van der Waals surface area contributed by atoms with Crippen molar-refractivity contribution in [3.8, 4) is 0 Å². The third kappa shape index (κ3) is 25.3. The Bertz CT molecular complexity index is 1000. The second-order valence-corrected chi connectivity index (χ2v) is 24.4. The van der Waals surface area contributed by atoms with E-state index in [1.165, 1.54) is 108 Å². The van der Waals surface area contributed by atoms with Gasteiger partial charge in [0.2, 0.25) is 0 Å². The van der Waals surface area contributed by atoms with Gasteiger partial charge in [-0.1, -0.05) is 154 Å². The number of hydrogen-bond acceptors (Lipinski definition) is 3. The van der Waals surface area contributed by atoms with Crippen LogP contribution in [-0.2, 0) is 0 Å². The summed E-state index contributed by atoms with van der Waals surface area (Å²) in [5.41, 5.74) is 3.43. The van der Waals surface area contributed by atoms with Crippen LogP contribution in [0.2, 0.25) is 0 Å². The lowest BCUT2D eigenvalue weighted by atomic mass is 9.69. The van der Waals surface area contributed by atoms with Gasteiger partial charge in [-0.2, -0.15) is 37.9 Å². The molecule has 334 valence electrons. The first-order chi connectivity index (χ1) is 25.9. The first-order valence-corrected chi connectivity index (χ1v) is 25.8. The number of rotatable bonds is 21. The number of hydrogen-bond donors (Lipinski definition) is 3. The summed E-state index contributed by atoms with van der Waals surface area (Å²) in [4.78, 5) is 0. The molecule has 56 heavy (non-hydrogen) atoms. The highest BCUT2D eigenvalue weighted by Crippen LogP contribution is 2.42. The van der Waals surface area contributed by atoms with Crippen LogP contribution in [-0.4, -0.2) is 15.7 Å². The van der Waals surface area contributed by atoms with Crippen LogP contribution in [0.25, 0.3) is 0 Å². The van der Waals surface area contributed by atoms with Crippen LogP contribution < -0.4 is 0 Å². The van der Waals surface area contributed by atoms with Crippen molar-refractivity contribution in [3.05, 3.63) is 24.3 Å². The van der Waals surface area contributed by atoms with Crippen molar-refractivity contribution < 1.29 is 0 Å². The van der Waals surface area contributed by atoms with Gasteiger partial charge in [-0.25, -0.2) is 0 Å². The summed E-state index contributed by atoms with van der Waals surface area (Å²) >= 11 is 14.5. The third-order valence-electron chi connectivity index (χ3n) is 14.5. The van der Waals surface area contributed by atoms with E-state index in [0.717, 1.165) is 65.6 Å². The van der Waals surface area contributed by atoms with Crippen molar-refractivity contribution >= 4 is 37.9 Å². The monoisotopic (exact) mass is 837 g/mol. The molecule has 2 aliphatic rings. The lowest BCUT2D eigenvalue weighted by molar-refractivity contribution is 0.180. The smallest absolute Gasteiger partial charge is 0.00455 e. The van der Waals surface area contributed by atoms with Crippen LogP contribution in [0.4, 0.5) is 0 Å². The largest absolute Gasteiger partial charge is 0.176 e. The minimum Gasteiger partial charge on any atom is -0.176 e. The molecule has 0 nitrogen and oxygen atoms in total. The summed E-state index contributed by atoms with van der Waals surface area (Å²) in [6, 6.07) is 0. The van der Waals surface area contributed by atoms with Crippen molar-refractivity contribution in [1.29, 1.82) is 0 Å². The Hall–Kier alpha value is 0.530. The number of allylic oxidation sites excluding steroid dienone is 2. The first kappa shape index (κ1) is 56.5. The van der Waals surface area contributed by atoms with Crippen LogP contribution in [0.3, 0.4) is 0 Å². The summed E-state index contributed by atoms with van der Waals surface area (Å²) in [6.45, 7) is 46.1. The molecule has 0 N–H and O–H groups in total. The Morgan fingerprint density at radius 1 is 0.589 bits per heavy atom.